The summed E-state index contributed by atoms with van der Waals surface area (Å²) in [6.45, 7) is 1.80. The van der Waals surface area contributed by atoms with Gasteiger partial charge in [0.2, 0.25) is 0 Å². The van der Waals surface area contributed by atoms with E-state index in [4.69, 9.17) is 12.2 Å². The molecule has 0 radical (unpaired) electrons. The van der Waals surface area contributed by atoms with E-state index in [1.807, 2.05) is 0 Å². The van der Waals surface area contributed by atoms with Crippen LogP contribution in [0.25, 0.3) is 11.4 Å². The molecule has 0 amide bonds. The zero-order valence-electron chi connectivity index (χ0n) is 10.6. The smallest absolute Gasteiger partial charge is 0.195 e. The van der Waals surface area contributed by atoms with Gasteiger partial charge in [0.1, 0.15) is 9.84 Å². The number of sulfone groups is 1. The van der Waals surface area contributed by atoms with Gasteiger partial charge in [0.05, 0.1) is 5.75 Å². The Bertz CT molecular complexity index is 719. The third-order valence-corrected chi connectivity index (χ3v) is 4.00. The second kappa shape index (κ2) is 5.22. The Morgan fingerprint density at radius 2 is 2.05 bits per heavy atom. The Balaban J connectivity index is 2.47. The van der Waals surface area contributed by atoms with E-state index in [2.05, 4.69) is 15.2 Å². The Morgan fingerprint density at radius 1 is 1.42 bits per heavy atom. The molecule has 6 nitrogen and oxygen atoms in total. The highest BCUT2D eigenvalue weighted by atomic mass is 32.2. The normalized spacial score (nSPS) is 13.4. The molecule has 0 aliphatic rings. The molecule has 0 aromatic carbocycles. The number of pyridine rings is 1. The van der Waals surface area contributed by atoms with Crippen molar-refractivity contribution in [2.75, 3.05) is 12.0 Å². The molecule has 2 aromatic rings. The van der Waals surface area contributed by atoms with Gasteiger partial charge in [-0.15, -0.1) is 0 Å². The van der Waals surface area contributed by atoms with Crippen LogP contribution in [-0.2, 0) is 9.84 Å². The average Bonchev–Trinajstić information content (AvgIpc) is 2.70. The summed E-state index contributed by atoms with van der Waals surface area (Å²) >= 11 is 5.17. The highest BCUT2D eigenvalue weighted by molar-refractivity contribution is 7.90. The predicted molar refractivity (Wildman–Crippen MR) is 75.1 cm³/mol. The summed E-state index contributed by atoms with van der Waals surface area (Å²) in [6.07, 6.45) is 4.51. The third kappa shape index (κ3) is 3.27. The molecule has 0 fully saturated rings. The van der Waals surface area contributed by atoms with Crippen molar-refractivity contribution in [2.45, 2.75) is 13.0 Å². The van der Waals surface area contributed by atoms with Crippen LogP contribution in [0.2, 0.25) is 0 Å². The molecule has 2 heterocycles. The summed E-state index contributed by atoms with van der Waals surface area (Å²) < 4.78 is 24.9. The van der Waals surface area contributed by atoms with Gasteiger partial charge in [-0.05, 0) is 31.3 Å². The number of aromatic amines is 1. The first kappa shape index (κ1) is 13.9. The van der Waals surface area contributed by atoms with E-state index in [1.165, 1.54) is 6.26 Å². The lowest BCUT2D eigenvalue weighted by molar-refractivity contribution is 0.560. The van der Waals surface area contributed by atoms with Crippen molar-refractivity contribution in [3.63, 3.8) is 0 Å². The van der Waals surface area contributed by atoms with Crippen LogP contribution in [0.3, 0.4) is 0 Å². The second-order valence-electron chi connectivity index (χ2n) is 4.40. The molecule has 2 aromatic heterocycles. The van der Waals surface area contributed by atoms with Gasteiger partial charge in [0, 0.05) is 30.3 Å². The fraction of sp³-hybridized carbons (Fsp3) is 0.364. The van der Waals surface area contributed by atoms with Crippen LogP contribution in [0.15, 0.2) is 24.5 Å². The average molecular weight is 298 g/mol. The Morgan fingerprint density at radius 3 is 2.63 bits per heavy atom. The van der Waals surface area contributed by atoms with Gasteiger partial charge in [-0.3, -0.25) is 14.6 Å². The molecular formula is C11H14N4O2S2. The van der Waals surface area contributed by atoms with Crippen LogP contribution in [0.5, 0.6) is 0 Å². The van der Waals surface area contributed by atoms with Gasteiger partial charge >= 0.3 is 0 Å². The molecule has 0 spiro atoms. The van der Waals surface area contributed by atoms with Gasteiger partial charge in [-0.1, -0.05) is 0 Å². The number of aromatic nitrogens is 4. The van der Waals surface area contributed by atoms with Gasteiger partial charge in [0.25, 0.3) is 0 Å². The van der Waals surface area contributed by atoms with E-state index in [1.54, 1.807) is 36.0 Å². The molecular weight excluding hydrogens is 284 g/mol. The maximum Gasteiger partial charge on any atom is 0.195 e. The number of H-pyrrole nitrogens is 1. The van der Waals surface area contributed by atoms with E-state index in [0.717, 1.165) is 5.56 Å². The molecule has 0 bridgehead atoms. The molecule has 0 saturated carbocycles. The fourth-order valence-corrected chi connectivity index (χ4v) is 3.27. The van der Waals surface area contributed by atoms with Crippen molar-refractivity contribution < 1.29 is 8.42 Å². The summed E-state index contributed by atoms with van der Waals surface area (Å²) in [5, 5.41) is 6.86. The highest BCUT2D eigenvalue weighted by Gasteiger charge is 2.18. The van der Waals surface area contributed by atoms with E-state index in [0.29, 0.717) is 10.6 Å². The molecule has 8 heteroatoms. The zero-order valence-corrected chi connectivity index (χ0v) is 12.2. The topological polar surface area (TPSA) is 80.6 Å². The molecule has 19 heavy (non-hydrogen) atoms. The fourth-order valence-electron chi connectivity index (χ4n) is 1.93. The molecule has 1 N–H and O–H groups in total. The molecule has 0 aliphatic heterocycles. The second-order valence-corrected chi connectivity index (χ2v) is 6.97. The minimum absolute atomic E-state index is 0.0128. The predicted octanol–water partition coefficient (Wildman–Crippen LogP) is 1.61. The number of nitrogens with zero attached hydrogens (tertiary/aromatic N) is 3. The van der Waals surface area contributed by atoms with E-state index in [9.17, 15) is 8.42 Å². The molecule has 0 saturated heterocycles. The van der Waals surface area contributed by atoms with E-state index >= 15 is 0 Å². The lowest BCUT2D eigenvalue weighted by atomic mass is 10.2. The molecule has 1 unspecified atom stereocenters. The van der Waals surface area contributed by atoms with Crippen LogP contribution < -0.4 is 0 Å². The first-order valence-corrected chi connectivity index (χ1v) is 8.10. The van der Waals surface area contributed by atoms with Crippen molar-refractivity contribution in [1.29, 1.82) is 0 Å². The van der Waals surface area contributed by atoms with Gasteiger partial charge in [-0.25, -0.2) is 8.42 Å². The first-order chi connectivity index (χ1) is 8.88. The minimum Gasteiger partial charge on any atom is -0.296 e. The van der Waals surface area contributed by atoms with E-state index in [-0.39, 0.29) is 11.8 Å². The zero-order chi connectivity index (χ0) is 14.0. The maximum absolute atomic E-state index is 11.4. The summed E-state index contributed by atoms with van der Waals surface area (Å²) in [4.78, 5) is 3.94. The van der Waals surface area contributed by atoms with Crippen LogP contribution in [0.1, 0.15) is 13.0 Å². The van der Waals surface area contributed by atoms with Crippen LogP contribution in [0.4, 0.5) is 0 Å². The lowest BCUT2D eigenvalue weighted by Crippen LogP contribution is -2.17. The molecule has 1 atom stereocenters. The molecule has 0 aliphatic carbocycles. The van der Waals surface area contributed by atoms with Gasteiger partial charge < -0.3 is 0 Å². The third-order valence-electron chi connectivity index (χ3n) is 2.63. The van der Waals surface area contributed by atoms with Crippen molar-refractivity contribution in [2.24, 2.45) is 0 Å². The van der Waals surface area contributed by atoms with E-state index < -0.39 is 9.84 Å². The van der Waals surface area contributed by atoms with Gasteiger partial charge in [0.15, 0.2) is 10.6 Å². The maximum atomic E-state index is 11.4. The number of rotatable bonds is 4. The lowest BCUT2D eigenvalue weighted by Gasteiger charge is -2.14. The summed E-state index contributed by atoms with van der Waals surface area (Å²) in [5.41, 5.74) is 0.836. The summed E-state index contributed by atoms with van der Waals surface area (Å²) in [7, 11) is -3.09. The first-order valence-electron chi connectivity index (χ1n) is 5.63. The SMILES string of the molecule is CC(CS(C)(=O)=O)n1c(-c2ccncc2)n[nH]c1=S. The number of nitrogens with one attached hydrogen (secondary N) is 1. The van der Waals surface area contributed by atoms with Crippen LogP contribution in [0, 0.1) is 4.77 Å². The largest absolute Gasteiger partial charge is 0.296 e. The number of hydrogen-bond donors (Lipinski definition) is 1. The molecule has 2 rings (SSSR count). The standard InChI is InChI=1S/C11H14N4O2S2/c1-8(7-19(2,16)17)15-10(13-14-11(15)18)9-3-5-12-6-4-9/h3-6,8H,7H2,1-2H3,(H,14,18). The number of hydrogen-bond acceptors (Lipinski definition) is 5. The summed E-state index contributed by atoms with van der Waals surface area (Å²) in [6, 6.07) is 3.31. The minimum atomic E-state index is -3.09. The Kier molecular flexibility index (Phi) is 3.81. The van der Waals surface area contributed by atoms with Crippen LogP contribution in [-0.4, -0.2) is 40.2 Å². The van der Waals surface area contributed by atoms with Crippen molar-refractivity contribution in [1.82, 2.24) is 19.7 Å². The monoisotopic (exact) mass is 298 g/mol. The van der Waals surface area contributed by atoms with Crippen LogP contribution >= 0.6 is 12.2 Å². The molecule has 102 valence electrons. The van der Waals surface area contributed by atoms with Gasteiger partial charge in [-0.2, -0.15) is 5.10 Å². The Labute approximate surface area is 116 Å². The van der Waals surface area contributed by atoms with Crippen molar-refractivity contribution in [3.05, 3.63) is 29.3 Å². The highest BCUT2D eigenvalue weighted by Crippen LogP contribution is 2.21. The van der Waals surface area contributed by atoms with Crippen molar-refractivity contribution in [3.8, 4) is 11.4 Å². The quantitative estimate of drug-likeness (QED) is 0.867. The summed E-state index contributed by atoms with van der Waals surface area (Å²) in [5.74, 6) is 0.627. The Hall–Kier alpha value is -1.54. The van der Waals surface area contributed by atoms with Crippen molar-refractivity contribution >= 4 is 22.1 Å².